The van der Waals surface area contributed by atoms with Crippen molar-refractivity contribution in [1.29, 1.82) is 5.26 Å². The minimum atomic E-state index is -0.531. The molecule has 4 heteroatoms. The Balaban J connectivity index is 3.14. The lowest BCUT2D eigenvalue weighted by Gasteiger charge is -2.13. The fourth-order valence-corrected chi connectivity index (χ4v) is 1.31. The number of carbonyl (C=O) groups is 1. The third kappa shape index (κ3) is 3.35. The first kappa shape index (κ1) is 12.8. The Morgan fingerprint density at radius 1 is 1.47 bits per heavy atom. The zero-order chi connectivity index (χ0) is 12.8. The summed E-state index contributed by atoms with van der Waals surface area (Å²) >= 11 is 0. The van der Waals surface area contributed by atoms with Gasteiger partial charge in [-0.2, -0.15) is 5.26 Å². The van der Waals surface area contributed by atoms with Crippen molar-refractivity contribution >= 4 is 17.2 Å². The van der Waals surface area contributed by atoms with Crippen LogP contribution in [0.5, 0.6) is 0 Å². The fraction of sp³-hybridized carbons (Fsp3) is 0.231. The minimum Gasteiger partial charge on any atom is -0.466 e. The largest absolute Gasteiger partial charge is 0.466 e. The van der Waals surface area contributed by atoms with Gasteiger partial charge in [0.1, 0.15) is 6.07 Å². The average Bonchev–Trinajstić information content (AvgIpc) is 2.35. The molecule has 1 rings (SSSR count). The van der Waals surface area contributed by atoms with Gasteiger partial charge in [-0.25, -0.2) is 4.79 Å². The molecule has 0 heterocycles. The van der Waals surface area contributed by atoms with E-state index in [4.69, 9.17) is 5.26 Å². The zero-order valence-electron chi connectivity index (χ0n) is 10.1. The summed E-state index contributed by atoms with van der Waals surface area (Å²) in [5.41, 5.74) is 1.96. The molecule has 0 aliphatic carbocycles. The first-order valence-electron chi connectivity index (χ1n) is 5.06. The number of anilines is 1. The van der Waals surface area contributed by atoms with Crippen molar-refractivity contribution in [2.75, 3.05) is 26.1 Å². The van der Waals surface area contributed by atoms with E-state index in [1.165, 1.54) is 13.2 Å². The number of allylic oxidation sites excluding steroid dienone is 1. The van der Waals surface area contributed by atoms with Gasteiger partial charge in [-0.1, -0.05) is 12.1 Å². The van der Waals surface area contributed by atoms with E-state index in [-0.39, 0.29) is 0 Å². The molecular weight excluding hydrogens is 216 g/mol. The summed E-state index contributed by atoms with van der Waals surface area (Å²) in [5, 5.41) is 9.01. The standard InChI is InChI=1S/C13H14N2O2/c1-15(2)12-6-4-5-10(7-12)11(9-14)8-13(16)17-3/h4-8H,1-3H3. The highest BCUT2D eigenvalue weighted by molar-refractivity contribution is 5.95. The average molecular weight is 230 g/mol. The second-order valence-corrected chi connectivity index (χ2v) is 3.64. The first-order valence-corrected chi connectivity index (χ1v) is 5.06. The van der Waals surface area contributed by atoms with Gasteiger partial charge in [0.15, 0.2) is 0 Å². The maximum Gasteiger partial charge on any atom is 0.331 e. The molecule has 0 aliphatic heterocycles. The molecule has 0 radical (unpaired) electrons. The predicted octanol–water partition coefficient (Wildman–Crippen LogP) is 1.83. The van der Waals surface area contributed by atoms with E-state index in [2.05, 4.69) is 4.74 Å². The number of ether oxygens (including phenoxy) is 1. The summed E-state index contributed by atoms with van der Waals surface area (Å²) < 4.78 is 4.50. The SMILES string of the molecule is COC(=O)C=C(C#N)c1cccc(N(C)C)c1. The van der Waals surface area contributed by atoms with Crippen molar-refractivity contribution in [1.82, 2.24) is 0 Å². The molecule has 0 atom stereocenters. The molecule has 0 aliphatic rings. The Hall–Kier alpha value is -2.28. The Kier molecular flexibility index (Phi) is 4.29. The molecule has 17 heavy (non-hydrogen) atoms. The van der Waals surface area contributed by atoms with E-state index in [1.54, 1.807) is 6.07 Å². The summed E-state index contributed by atoms with van der Waals surface area (Å²) in [5.74, 6) is -0.531. The molecule has 4 nitrogen and oxygen atoms in total. The Bertz CT molecular complexity index is 484. The molecule has 0 fully saturated rings. The van der Waals surface area contributed by atoms with E-state index in [0.717, 1.165) is 5.69 Å². The molecular formula is C13H14N2O2. The molecule has 0 bridgehead atoms. The van der Waals surface area contributed by atoms with Crippen LogP contribution in [0.1, 0.15) is 5.56 Å². The molecule has 0 spiro atoms. The Labute approximate surface area is 101 Å². The number of hydrogen-bond acceptors (Lipinski definition) is 4. The highest BCUT2D eigenvalue weighted by Crippen LogP contribution is 2.19. The van der Waals surface area contributed by atoms with Crippen LogP contribution in [0.15, 0.2) is 30.3 Å². The maximum absolute atomic E-state index is 11.1. The first-order chi connectivity index (χ1) is 8.08. The number of esters is 1. The highest BCUT2D eigenvalue weighted by Gasteiger charge is 2.05. The van der Waals surface area contributed by atoms with Gasteiger partial charge in [-0.05, 0) is 17.7 Å². The van der Waals surface area contributed by atoms with Crippen molar-refractivity contribution < 1.29 is 9.53 Å². The number of nitrogens with zero attached hydrogens (tertiary/aromatic N) is 2. The minimum absolute atomic E-state index is 0.292. The van der Waals surface area contributed by atoms with Crippen LogP contribution in [0.25, 0.3) is 5.57 Å². The second kappa shape index (κ2) is 5.71. The van der Waals surface area contributed by atoms with E-state index in [0.29, 0.717) is 11.1 Å². The molecule has 0 aromatic heterocycles. The van der Waals surface area contributed by atoms with Crippen LogP contribution in [-0.2, 0) is 9.53 Å². The van der Waals surface area contributed by atoms with Crippen molar-refractivity contribution in [3.63, 3.8) is 0 Å². The molecule has 0 N–H and O–H groups in total. The van der Waals surface area contributed by atoms with Gasteiger partial charge in [0.2, 0.25) is 0 Å². The van der Waals surface area contributed by atoms with Gasteiger partial charge < -0.3 is 9.64 Å². The lowest BCUT2D eigenvalue weighted by molar-refractivity contribution is -0.134. The second-order valence-electron chi connectivity index (χ2n) is 3.64. The van der Waals surface area contributed by atoms with Crippen molar-refractivity contribution in [2.45, 2.75) is 0 Å². The van der Waals surface area contributed by atoms with E-state index in [1.807, 2.05) is 43.3 Å². The summed E-state index contributed by atoms with van der Waals surface area (Å²) in [6, 6.07) is 9.39. The van der Waals surface area contributed by atoms with E-state index < -0.39 is 5.97 Å². The molecule has 1 aromatic rings. The van der Waals surface area contributed by atoms with E-state index in [9.17, 15) is 4.79 Å². The van der Waals surface area contributed by atoms with Gasteiger partial charge in [0, 0.05) is 25.9 Å². The van der Waals surface area contributed by atoms with Crippen LogP contribution < -0.4 is 4.90 Å². The topological polar surface area (TPSA) is 53.3 Å². The van der Waals surface area contributed by atoms with Crippen LogP contribution in [0.2, 0.25) is 0 Å². The van der Waals surface area contributed by atoms with Crippen molar-refractivity contribution in [2.24, 2.45) is 0 Å². The maximum atomic E-state index is 11.1. The molecule has 88 valence electrons. The molecule has 1 aromatic carbocycles. The van der Waals surface area contributed by atoms with Gasteiger partial charge in [0.05, 0.1) is 12.7 Å². The lowest BCUT2D eigenvalue weighted by atomic mass is 10.1. The monoisotopic (exact) mass is 230 g/mol. The number of carbonyl (C=O) groups excluding carboxylic acids is 1. The smallest absolute Gasteiger partial charge is 0.331 e. The Morgan fingerprint density at radius 2 is 2.18 bits per heavy atom. The normalized spacial score (nSPS) is 10.6. The number of methoxy groups -OCH3 is 1. The van der Waals surface area contributed by atoms with Gasteiger partial charge in [-0.15, -0.1) is 0 Å². The van der Waals surface area contributed by atoms with Crippen LogP contribution >= 0.6 is 0 Å². The molecule has 0 saturated carbocycles. The summed E-state index contributed by atoms with van der Waals surface area (Å²) in [6.07, 6.45) is 1.19. The van der Waals surface area contributed by atoms with Crippen LogP contribution in [-0.4, -0.2) is 27.2 Å². The zero-order valence-corrected chi connectivity index (χ0v) is 10.1. The van der Waals surface area contributed by atoms with Gasteiger partial charge in [0.25, 0.3) is 0 Å². The number of benzene rings is 1. The van der Waals surface area contributed by atoms with Gasteiger partial charge in [-0.3, -0.25) is 0 Å². The molecule has 0 saturated heterocycles. The molecule has 0 unspecified atom stereocenters. The summed E-state index contributed by atoms with van der Waals surface area (Å²) in [6.45, 7) is 0. The van der Waals surface area contributed by atoms with Crippen LogP contribution in [0.3, 0.4) is 0 Å². The number of rotatable bonds is 3. The van der Waals surface area contributed by atoms with Crippen LogP contribution in [0.4, 0.5) is 5.69 Å². The summed E-state index contributed by atoms with van der Waals surface area (Å²) in [7, 11) is 5.11. The van der Waals surface area contributed by atoms with Crippen LogP contribution in [0, 0.1) is 11.3 Å². The lowest BCUT2D eigenvalue weighted by Crippen LogP contribution is -2.08. The highest BCUT2D eigenvalue weighted by atomic mass is 16.5. The molecule has 0 amide bonds. The third-order valence-corrected chi connectivity index (χ3v) is 2.26. The number of nitriles is 1. The fourth-order valence-electron chi connectivity index (χ4n) is 1.31. The summed E-state index contributed by atoms with van der Waals surface area (Å²) in [4.78, 5) is 13.0. The van der Waals surface area contributed by atoms with E-state index >= 15 is 0 Å². The van der Waals surface area contributed by atoms with Gasteiger partial charge >= 0.3 is 5.97 Å². The predicted molar refractivity (Wildman–Crippen MR) is 66.4 cm³/mol. The van der Waals surface area contributed by atoms with Crippen molar-refractivity contribution in [3.05, 3.63) is 35.9 Å². The Morgan fingerprint density at radius 3 is 2.71 bits per heavy atom. The number of hydrogen-bond donors (Lipinski definition) is 0. The quantitative estimate of drug-likeness (QED) is 0.451. The third-order valence-electron chi connectivity index (χ3n) is 2.26. The van der Waals surface area contributed by atoms with Crippen molar-refractivity contribution in [3.8, 4) is 6.07 Å².